The fraction of sp³-hybridized carbons (Fsp3) is 0.273. The molecule has 6 heteroatoms. The quantitative estimate of drug-likeness (QED) is 0.685. The number of carboxylic acid groups (broad SMARTS) is 1. The number of aromatic carboxylic acids is 1. The summed E-state index contributed by atoms with van der Waals surface area (Å²) in [4.78, 5) is 17.9. The van der Waals surface area contributed by atoms with Gasteiger partial charge in [0, 0.05) is 13.0 Å². The van der Waals surface area contributed by atoms with E-state index >= 15 is 0 Å². The van der Waals surface area contributed by atoms with Gasteiger partial charge in [-0.3, -0.25) is 4.90 Å². The summed E-state index contributed by atoms with van der Waals surface area (Å²) in [6, 6.07) is 13.5. The second-order valence-corrected chi connectivity index (χ2v) is 7.10. The fourth-order valence-electron chi connectivity index (χ4n) is 3.69. The minimum atomic E-state index is -0.919. The number of likely N-dealkylation sites (tertiary alicyclic amines) is 1. The first-order valence-electron chi connectivity index (χ1n) is 9.34. The van der Waals surface area contributed by atoms with Crippen molar-refractivity contribution in [2.75, 3.05) is 6.54 Å². The SMILES string of the molecule is O=C(O)c1cccc(CN2CCC[C@H]2c2ncc(Cc3ccc(F)cc3)o2)c1. The molecular formula is C22H21FN2O3. The molecule has 1 aliphatic rings. The zero-order valence-electron chi connectivity index (χ0n) is 15.3. The van der Waals surface area contributed by atoms with Crippen molar-refractivity contribution in [3.63, 3.8) is 0 Å². The lowest BCUT2D eigenvalue weighted by molar-refractivity contribution is 0.0696. The fourth-order valence-corrected chi connectivity index (χ4v) is 3.69. The molecule has 1 atom stereocenters. The van der Waals surface area contributed by atoms with Crippen LogP contribution in [-0.2, 0) is 13.0 Å². The van der Waals surface area contributed by atoms with E-state index in [2.05, 4.69) is 9.88 Å². The van der Waals surface area contributed by atoms with Gasteiger partial charge in [-0.25, -0.2) is 14.2 Å². The molecule has 0 radical (unpaired) electrons. The van der Waals surface area contributed by atoms with Gasteiger partial charge < -0.3 is 9.52 Å². The van der Waals surface area contributed by atoms with E-state index in [9.17, 15) is 14.3 Å². The van der Waals surface area contributed by atoms with Crippen LogP contribution in [0.3, 0.4) is 0 Å². The highest BCUT2D eigenvalue weighted by atomic mass is 19.1. The summed E-state index contributed by atoms with van der Waals surface area (Å²) in [5, 5.41) is 9.18. The Bertz CT molecular complexity index is 968. The van der Waals surface area contributed by atoms with E-state index < -0.39 is 5.97 Å². The van der Waals surface area contributed by atoms with Crippen molar-refractivity contribution in [3.8, 4) is 0 Å². The molecule has 2 aromatic carbocycles. The van der Waals surface area contributed by atoms with Crippen molar-refractivity contribution >= 4 is 5.97 Å². The number of halogens is 1. The first-order chi connectivity index (χ1) is 13.6. The lowest BCUT2D eigenvalue weighted by atomic mass is 10.1. The molecule has 1 aliphatic heterocycles. The predicted octanol–water partition coefficient (Wildman–Crippen LogP) is 4.44. The highest BCUT2D eigenvalue weighted by molar-refractivity contribution is 5.87. The summed E-state index contributed by atoms with van der Waals surface area (Å²) in [6.45, 7) is 1.57. The van der Waals surface area contributed by atoms with Gasteiger partial charge in [-0.2, -0.15) is 0 Å². The third-order valence-electron chi connectivity index (χ3n) is 5.07. The van der Waals surface area contributed by atoms with Crippen LogP contribution in [0.2, 0.25) is 0 Å². The minimum Gasteiger partial charge on any atom is -0.478 e. The Balaban J connectivity index is 1.46. The highest BCUT2D eigenvalue weighted by Gasteiger charge is 2.30. The van der Waals surface area contributed by atoms with Crippen molar-refractivity contribution in [1.82, 2.24) is 9.88 Å². The molecule has 0 spiro atoms. The predicted molar refractivity (Wildman–Crippen MR) is 101 cm³/mol. The van der Waals surface area contributed by atoms with E-state index in [1.165, 1.54) is 12.1 Å². The molecule has 5 nitrogen and oxygen atoms in total. The van der Waals surface area contributed by atoms with Crippen molar-refractivity contribution in [2.24, 2.45) is 0 Å². The Morgan fingerprint density at radius 3 is 2.82 bits per heavy atom. The van der Waals surface area contributed by atoms with Crippen LogP contribution in [0.15, 0.2) is 59.1 Å². The standard InChI is InChI=1S/C22H21FN2O3/c23-18-8-6-15(7-9-18)12-19-13-24-21(28-19)20-5-2-10-25(20)14-16-3-1-4-17(11-16)22(26)27/h1,3-4,6-9,11,13,20H,2,5,10,12,14H2,(H,26,27)/t20-/m0/s1. The zero-order chi connectivity index (χ0) is 19.5. The van der Waals surface area contributed by atoms with Crippen LogP contribution in [0.1, 0.15) is 52.0 Å². The van der Waals surface area contributed by atoms with E-state index in [1.54, 1.807) is 36.5 Å². The maximum absolute atomic E-state index is 13.1. The van der Waals surface area contributed by atoms with Crippen LogP contribution in [-0.4, -0.2) is 27.5 Å². The van der Waals surface area contributed by atoms with Crippen molar-refractivity contribution in [2.45, 2.75) is 31.8 Å². The molecule has 1 fully saturated rings. The molecule has 144 valence electrons. The zero-order valence-corrected chi connectivity index (χ0v) is 15.3. The smallest absolute Gasteiger partial charge is 0.335 e. The van der Waals surface area contributed by atoms with E-state index in [1.807, 2.05) is 6.07 Å². The number of rotatable bonds is 6. The van der Waals surface area contributed by atoms with Crippen LogP contribution in [0.5, 0.6) is 0 Å². The number of nitrogens with zero attached hydrogens (tertiary/aromatic N) is 2. The van der Waals surface area contributed by atoms with Crippen LogP contribution >= 0.6 is 0 Å². The Labute approximate surface area is 162 Å². The summed E-state index contributed by atoms with van der Waals surface area (Å²) in [7, 11) is 0. The number of carbonyl (C=O) groups is 1. The summed E-state index contributed by atoms with van der Waals surface area (Å²) < 4.78 is 19.0. The lowest BCUT2D eigenvalue weighted by Crippen LogP contribution is -2.23. The van der Waals surface area contributed by atoms with Crippen molar-refractivity contribution < 1.29 is 18.7 Å². The Morgan fingerprint density at radius 2 is 2.04 bits per heavy atom. The summed E-state index contributed by atoms with van der Waals surface area (Å²) >= 11 is 0. The topological polar surface area (TPSA) is 66.6 Å². The number of oxazole rings is 1. The van der Waals surface area contributed by atoms with E-state index in [0.29, 0.717) is 24.4 Å². The van der Waals surface area contributed by atoms with E-state index in [-0.39, 0.29) is 11.9 Å². The third-order valence-corrected chi connectivity index (χ3v) is 5.07. The van der Waals surface area contributed by atoms with Crippen molar-refractivity contribution in [1.29, 1.82) is 0 Å². The van der Waals surface area contributed by atoms with Gasteiger partial charge in [0.2, 0.25) is 5.89 Å². The molecule has 4 rings (SSSR count). The normalized spacial score (nSPS) is 17.1. The third kappa shape index (κ3) is 4.12. The molecule has 28 heavy (non-hydrogen) atoms. The average Bonchev–Trinajstić information content (AvgIpc) is 3.33. The first-order valence-corrected chi connectivity index (χ1v) is 9.34. The average molecular weight is 380 g/mol. The molecule has 0 amide bonds. The van der Waals surface area contributed by atoms with Gasteiger partial charge in [-0.15, -0.1) is 0 Å². The van der Waals surface area contributed by atoms with Gasteiger partial charge in [0.05, 0.1) is 17.8 Å². The Morgan fingerprint density at radius 1 is 1.21 bits per heavy atom. The van der Waals surface area contributed by atoms with Gasteiger partial charge >= 0.3 is 5.97 Å². The molecule has 1 saturated heterocycles. The lowest BCUT2D eigenvalue weighted by Gasteiger charge is -2.22. The maximum Gasteiger partial charge on any atom is 0.335 e. The molecule has 0 bridgehead atoms. The van der Waals surface area contributed by atoms with Crippen LogP contribution in [0.25, 0.3) is 0 Å². The molecule has 1 aromatic heterocycles. The van der Waals surface area contributed by atoms with Crippen molar-refractivity contribution in [3.05, 3.63) is 88.9 Å². The number of aromatic nitrogens is 1. The molecule has 0 aliphatic carbocycles. The molecule has 2 heterocycles. The summed E-state index contributed by atoms with van der Waals surface area (Å²) in [6.07, 6.45) is 4.30. The second-order valence-electron chi connectivity index (χ2n) is 7.10. The number of hydrogen-bond donors (Lipinski definition) is 1. The monoisotopic (exact) mass is 380 g/mol. The molecule has 3 aromatic rings. The van der Waals surface area contributed by atoms with E-state index in [0.717, 1.165) is 36.3 Å². The largest absolute Gasteiger partial charge is 0.478 e. The highest BCUT2D eigenvalue weighted by Crippen LogP contribution is 2.33. The number of carboxylic acids is 1. The molecule has 0 saturated carbocycles. The van der Waals surface area contributed by atoms with Crippen LogP contribution in [0, 0.1) is 5.82 Å². The Kier molecular flexibility index (Phi) is 5.21. The summed E-state index contributed by atoms with van der Waals surface area (Å²) in [5.41, 5.74) is 2.23. The van der Waals surface area contributed by atoms with Gasteiger partial charge in [0.1, 0.15) is 11.6 Å². The minimum absolute atomic E-state index is 0.0791. The van der Waals surface area contributed by atoms with Gasteiger partial charge in [0.25, 0.3) is 0 Å². The molecule has 0 unspecified atom stereocenters. The number of benzene rings is 2. The van der Waals surface area contributed by atoms with Crippen LogP contribution in [0.4, 0.5) is 4.39 Å². The number of hydrogen-bond acceptors (Lipinski definition) is 4. The molecule has 1 N–H and O–H groups in total. The van der Waals surface area contributed by atoms with E-state index in [4.69, 9.17) is 4.42 Å². The van der Waals surface area contributed by atoms with Crippen LogP contribution < -0.4 is 0 Å². The van der Waals surface area contributed by atoms with Gasteiger partial charge in [-0.05, 0) is 54.8 Å². The molecular weight excluding hydrogens is 359 g/mol. The first kappa shape index (κ1) is 18.4. The Hall–Kier alpha value is -2.99. The summed E-state index contributed by atoms with van der Waals surface area (Å²) in [5.74, 6) is 0.263. The van der Waals surface area contributed by atoms with Gasteiger partial charge in [0.15, 0.2) is 0 Å². The van der Waals surface area contributed by atoms with Gasteiger partial charge in [-0.1, -0.05) is 24.3 Å². The maximum atomic E-state index is 13.1. The second kappa shape index (κ2) is 7.94.